The van der Waals surface area contributed by atoms with Gasteiger partial charge in [-0.3, -0.25) is 14.2 Å². The number of hydrogen-bond acceptors (Lipinski definition) is 4. The molecule has 7 heteroatoms. The molecule has 3 rings (SSSR count). The standard InChI is InChI=1S/C16H18N6O/c1-11-4-5-12(6-14(11)13-7-19-21(2)9-13)16(23)17-8-15-18-10-22(3)20-15/h4-7,9-10H,8H2,1-3H3,(H,17,23). The van der Waals surface area contributed by atoms with Crippen molar-refractivity contribution >= 4 is 5.91 Å². The lowest BCUT2D eigenvalue weighted by atomic mass is 10.0. The van der Waals surface area contributed by atoms with Gasteiger partial charge >= 0.3 is 0 Å². The van der Waals surface area contributed by atoms with E-state index in [2.05, 4.69) is 20.5 Å². The van der Waals surface area contributed by atoms with Crippen molar-refractivity contribution < 1.29 is 4.79 Å². The molecule has 0 radical (unpaired) electrons. The lowest BCUT2D eigenvalue weighted by molar-refractivity contribution is 0.0950. The van der Waals surface area contributed by atoms with E-state index in [9.17, 15) is 4.79 Å². The van der Waals surface area contributed by atoms with Crippen LogP contribution in [-0.4, -0.2) is 30.5 Å². The molecule has 0 spiro atoms. The summed E-state index contributed by atoms with van der Waals surface area (Å²) in [6.07, 6.45) is 5.33. The van der Waals surface area contributed by atoms with Gasteiger partial charge in [-0.25, -0.2) is 4.98 Å². The lowest BCUT2D eigenvalue weighted by Gasteiger charge is -2.08. The van der Waals surface area contributed by atoms with E-state index in [4.69, 9.17) is 0 Å². The van der Waals surface area contributed by atoms with Crippen LogP contribution in [0.2, 0.25) is 0 Å². The molecule has 118 valence electrons. The maximum atomic E-state index is 12.3. The predicted molar refractivity (Wildman–Crippen MR) is 85.6 cm³/mol. The molecule has 0 saturated heterocycles. The zero-order chi connectivity index (χ0) is 16.4. The van der Waals surface area contributed by atoms with Crippen LogP contribution in [0.3, 0.4) is 0 Å². The number of amides is 1. The minimum absolute atomic E-state index is 0.150. The van der Waals surface area contributed by atoms with Gasteiger partial charge in [0.2, 0.25) is 0 Å². The van der Waals surface area contributed by atoms with E-state index in [-0.39, 0.29) is 5.91 Å². The first-order valence-electron chi connectivity index (χ1n) is 7.25. The van der Waals surface area contributed by atoms with Crippen LogP contribution < -0.4 is 5.32 Å². The zero-order valence-corrected chi connectivity index (χ0v) is 13.3. The lowest BCUT2D eigenvalue weighted by Crippen LogP contribution is -2.23. The Balaban J connectivity index is 1.78. The fourth-order valence-corrected chi connectivity index (χ4v) is 2.36. The third kappa shape index (κ3) is 3.28. The van der Waals surface area contributed by atoms with Crippen molar-refractivity contribution in [1.82, 2.24) is 29.9 Å². The molecule has 2 heterocycles. The summed E-state index contributed by atoms with van der Waals surface area (Å²) in [6, 6.07) is 5.64. The molecule has 1 aromatic carbocycles. The Labute approximate surface area is 134 Å². The predicted octanol–water partition coefficient (Wildman–Crippen LogP) is 1.45. The average molecular weight is 310 g/mol. The van der Waals surface area contributed by atoms with Crippen LogP contribution in [0.15, 0.2) is 36.9 Å². The fourth-order valence-electron chi connectivity index (χ4n) is 2.36. The molecular weight excluding hydrogens is 292 g/mol. The number of rotatable bonds is 4. The van der Waals surface area contributed by atoms with Gasteiger partial charge in [0, 0.05) is 31.4 Å². The van der Waals surface area contributed by atoms with Crippen molar-refractivity contribution in [1.29, 1.82) is 0 Å². The van der Waals surface area contributed by atoms with E-state index in [1.54, 1.807) is 28.9 Å². The Morgan fingerprint density at radius 2 is 2.09 bits per heavy atom. The number of aromatic nitrogens is 5. The van der Waals surface area contributed by atoms with Gasteiger partial charge < -0.3 is 5.32 Å². The Kier molecular flexibility index (Phi) is 3.92. The Morgan fingerprint density at radius 3 is 2.74 bits per heavy atom. The van der Waals surface area contributed by atoms with Crippen molar-refractivity contribution in [3.63, 3.8) is 0 Å². The third-order valence-electron chi connectivity index (χ3n) is 3.57. The van der Waals surface area contributed by atoms with Gasteiger partial charge in [0.25, 0.3) is 5.91 Å². The van der Waals surface area contributed by atoms with Crippen LogP contribution in [0.1, 0.15) is 21.7 Å². The SMILES string of the molecule is Cc1ccc(C(=O)NCc2ncn(C)n2)cc1-c1cnn(C)c1. The second-order valence-corrected chi connectivity index (χ2v) is 5.45. The summed E-state index contributed by atoms with van der Waals surface area (Å²) >= 11 is 0. The molecule has 0 aliphatic heterocycles. The number of nitrogens with one attached hydrogen (secondary N) is 1. The molecule has 0 aliphatic rings. The Morgan fingerprint density at radius 1 is 1.26 bits per heavy atom. The molecule has 0 unspecified atom stereocenters. The summed E-state index contributed by atoms with van der Waals surface area (Å²) < 4.78 is 3.35. The van der Waals surface area contributed by atoms with Crippen LogP contribution in [-0.2, 0) is 20.6 Å². The molecule has 0 atom stereocenters. The van der Waals surface area contributed by atoms with E-state index < -0.39 is 0 Å². The molecule has 23 heavy (non-hydrogen) atoms. The van der Waals surface area contributed by atoms with Gasteiger partial charge in [0.05, 0.1) is 12.7 Å². The third-order valence-corrected chi connectivity index (χ3v) is 3.57. The zero-order valence-electron chi connectivity index (χ0n) is 13.3. The summed E-state index contributed by atoms with van der Waals surface area (Å²) in [5.41, 5.74) is 3.69. The number of hydrogen-bond donors (Lipinski definition) is 1. The highest BCUT2D eigenvalue weighted by atomic mass is 16.1. The van der Waals surface area contributed by atoms with Crippen LogP contribution in [0, 0.1) is 6.92 Å². The highest BCUT2D eigenvalue weighted by Gasteiger charge is 2.11. The molecule has 7 nitrogen and oxygen atoms in total. The van der Waals surface area contributed by atoms with Gasteiger partial charge in [0.15, 0.2) is 5.82 Å². The highest BCUT2D eigenvalue weighted by Crippen LogP contribution is 2.24. The van der Waals surface area contributed by atoms with E-state index >= 15 is 0 Å². The van der Waals surface area contributed by atoms with E-state index in [1.807, 2.05) is 38.4 Å². The number of nitrogens with zero attached hydrogens (tertiary/aromatic N) is 5. The minimum atomic E-state index is -0.150. The maximum Gasteiger partial charge on any atom is 0.251 e. The molecule has 0 bridgehead atoms. The number of aryl methyl sites for hydroxylation is 3. The monoisotopic (exact) mass is 310 g/mol. The summed E-state index contributed by atoms with van der Waals surface area (Å²) in [6.45, 7) is 2.32. The molecule has 1 amide bonds. The molecular formula is C16H18N6O. The summed E-state index contributed by atoms with van der Waals surface area (Å²) in [4.78, 5) is 16.4. The van der Waals surface area contributed by atoms with Crippen molar-refractivity contribution in [3.05, 3.63) is 53.9 Å². The minimum Gasteiger partial charge on any atom is -0.345 e. The van der Waals surface area contributed by atoms with Crippen LogP contribution >= 0.6 is 0 Å². The van der Waals surface area contributed by atoms with E-state index in [1.165, 1.54) is 0 Å². The molecule has 0 aliphatic carbocycles. The summed E-state index contributed by atoms with van der Waals surface area (Å²) in [5.74, 6) is 0.433. The molecule has 0 saturated carbocycles. The maximum absolute atomic E-state index is 12.3. The Hall–Kier alpha value is -2.96. The van der Waals surface area contributed by atoms with Gasteiger partial charge in [-0.1, -0.05) is 6.07 Å². The van der Waals surface area contributed by atoms with Gasteiger partial charge in [-0.05, 0) is 30.2 Å². The highest BCUT2D eigenvalue weighted by molar-refractivity contribution is 5.95. The summed E-state index contributed by atoms with van der Waals surface area (Å²) in [7, 11) is 3.66. The first-order valence-corrected chi connectivity index (χ1v) is 7.25. The van der Waals surface area contributed by atoms with Gasteiger partial charge in [0.1, 0.15) is 6.33 Å². The van der Waals surface area contributed by atoms with E-state index in [0.29, 0.717) is 17.9 Å². The molecule has 0 fully saturated rings. The summed E-state index contributed by atoms with van der Waals surface area (Å²) in [5, 5.41) is 11.2. The Bertz CT molecular complexity index is 848. The first kappa shape index (κ1) is 15.0. The van der Waals surface area contributed by atoms with Gasteiger partial charge in [-0.15, -0.1) is 0 Å². The molecule has 1 N–H and O–H groups in total. The van der Waals surface area contributed by atoms with Crippen LogP contribution in [0.5, 0.6) is 0 Å². The second-order valence-electron chi connectivity index (χ2n) is 5.45. The number of carbonyl (C=O) groups excluding carboxylic acids is 1. The van der Waals surface area contributed by atoms with Gasteiger partial charge in [-0.2, -0.15) is 10.2 Å². The van der Waals surface area contributed by atoms with Crippen LogP contribution in [0.25, 0.3) is 11.1 Å². The van der Waals surface area contributed by atoms with Crippen molar-refractivity contribution in [2.24, 2.45) is 14.1 Å². The largest absolute Gasteiger partial charge is 0.345 e. The molecule has 3 aromatic rings. The van der Waals surface area contributed by atoms with Crippen molar-refractivity contribution in [3.8, 4) is 11.1 Å². The normalized spacial score (nSPS) is 10.7. The number of carbonyl (C=O) groups is 1. The van der Waals surface area contributed by atoms with Crippen LogP contribution in [0.4, 0.5) is 0 Å². The van der Waals surface area contributed by atoms with Crippen molar-refractivity contribution in [2.75, 3.05) is 0 Å². The fraction of sp³-hybridized carbons (Fsp3) is 0.250. The smallest absolute Gasteiger partial charge is 0.251 e. The molecule has 2 aromatic heterocycles. The average Bonchev–Trinajstić information content (AvgIpc) is 3.14. The second kappa shape index (κ2) is 6.04. The van der Waals surface area contributed by atoms with Crippen molar-refractivity contribution in [2.45, 2.75) is 13.5 Å². The quantitative estimate of drug-likeness (QED) is 0.791. The number of benzene rings is 1. The topological polar surface area (TPSA) is 77.6 Å². The first-order chi connectivity index (χ1) is 11.0. The van der Waals surface area contributed by atoms with E-state index in [0.717, 1.165) is 16.7 Å².